The van der Waals surface area contributed by atoms with Crippen LogP contribution < -0.4 is 10.1 Å². The number of halogens is 1. The van der Waals surface area contributed by atoms with Gasteiger partial charge in [-0.15, -0.1) is 0 Å². The molecule has 0 bridgehead atoms. The standard InChI is InChI=1S/C26H31IN2O6/c1-2-34-17-24(31)29(16-18-8-4-3-5-9-18)21-14-19(26(33)28-12-13-30)15-23(25(21)32)35-22-11-7-6-10-20(22)27/h3-11,15,21,23,25,30,32H,2,12-14,16-17H2,1H3,(H,28,33)/t21-,23+,25+/m1/s1. The lowest BCUT2D eigenvalue weighted by atomic mass is 9.88. The van der Waals surface area contributed by atoms with E-state index in [-0.39, 0.29) is 44.5 Å². The second-order valence-electron chi connectivity index (χ2n) is 8.09. The average molecular weight is 594 g/mol. The highest BCUT2D eigenvalue weighted by atomic mass is 127. The zero-order valence-corrected chi connectivity index (χ0v) is 21.8. The lowest BCUT2D eigenvalue weighted by Gasteiger charge is -2.40. The number of ether oxygens (including phenoxy) is 2. The molecule has 0 aliphatic heterocycles. The SMILES string of the molecule is CCOCC(=O)N(Cc1ccccc1)[C@@H]1CC(C(=O)NCCO)=C[C@H](Oc2ccccc2I)[C@H]1O. The van der Waals surface area contributed by atoms with Crippen molar-refractivity contribution >= 4 is 34.4 Å². The van der Waals surface area contributed by atoms with Crippen LogP contribution in [0.1, 0.15) is 18.9 Å². The summed E-state index contributed by atoms with van der Waals surface area (Å²) in [5, 5.41) is 23.2. The number of rotatable bonds is 11. The van der Waals surface area contributed by atoms with Crippen LogP contribution >= 0.6 is 22.6 Å². The maximum Gasteiger partial charge on any atom is 0.249 e. The fourth-order valence-electron chi connectivity index (χ4n) is 3.91. The highest BCUT2D eigenvalue weighted by Crippen LogP contribution is 2.30. The summed E-state index contributed by atoms with van der Waals surface area (Å²) >= 11 is 2.14. The molecule has 3 atom stereocenters. The topological polar surface area (TPSA) is 108 Å². The molecule has 0 unspecified atom stereocenters. The maximum absolute atomic E-state index is 13.2. The molecule has 0 fully saturated rings. The second-order valence-corrected chi connectivity index (χ2v) is 9.25. The quantitative estimate of drug-likeness (QED) is 0.345. The zero-order valence-electron chi connectivity index (χ0n) is 19.6. The number of aliphatic hydroxyl groups is 2. The maximum atomic E-state index is 13.2. The molecule has 0 saturated heterocycles. The molecule has 9 heteroatoms. The van der Waals surface area contributed by atoms with Gasteiger partial charge in [-0.25, -0.2) is 0 Å². The van der Waals surface area contributed by atoms with E-state index in [1.165, 1.54) is 0 Å². The highest BCUT2D eigenvalue weighted by Gasteiger charge is 2.40. The van der Waals surface area contributed by atoms with Crippen molar-refractivity contribution in [1.82, 2.24) is 10.2 Å². The molecular weight excluding hydrogens is 563 g/mol. The Morgan fingerprint density at radius 3 is 2.54 bits per heavy atom. The Kier molecular flexibility index (Phi) is 10.5. The monoisotopic (exact) mass is 594 g/mol. The summed E-state index contributed by atoms with van der Waals surface area (Å²) in [7, 11) is 0. The van der Waals surface area contributed by atoms with Crippen LogP contribution in [0.15, 0.2) is 66.2 Å². The van der Waals surface area contributed by atoms with Gasteiger partial charge < -0.3 is 29.9 Å². The van der Waals surface area contributed by atoms with Gasteiger partial charge >= 0.3 is 0 Å². The van der Waals surface area contributed by atoms with E-state index in [1.54, 1.807) is 17.0 Å². The number of amides is 2. The van der Waals surface area contributed by atoms with E-state index < -0.39 is 18.2 Å². The van der Waals surface area contributed by atoms with E-state index in [0.717, 1.165) is 9.13 Å². The van der Waals surface area contributed by atoms with Gasteiger partial charge in [-0.1, -0.05) is 42.5 Å². The van der Waals surface area contributed by atoms with E-state index in [2.05, 4.69) is 27.9 Å². The van der Waals surface area contributed by atoms with E-state index in [9.17, 15) is 14.7 Å². The van der Waals surface area contributed by atoms with Crippen LogP contribution in [-0.2, 0) is 20.9 Å². The number of carbonyl (C=O) groups excluding carboxylic acids is 2. The molecule has 0 aromatic heterocycles. The molecule has 0 saturated carbocycles. The van der Waals surface area contributed by atoms with Crippen LogP contribution in [0, 0.1) is 3.57 Å². The Morgan fingerprint density at radius 1 is 1.14 bits per heavy atom. The fourth-order valence-corrected chi connectivity index (χ4v) is 4.42. The first-order valence-corrected chi connectivity index (χ1v) is 12.6. The number of nitrogens with zero attached hydrogens (tertiary/aromatic N) is 1. The molecule has 2 aromatic carbocycles. The van der Waals surface area contributed by atoms with Crippen LogP contribution in [0.4, 0.5) is 0 Å². The van der Waals surface area contributed by atoms with Crippen molar-refractivity contribution in [2.24, 2.45) is 0 Å². The Morgan fingerprint density at radius 2 is 1.86 bits per heavy atom. The summed E-state index contributed by atoms with van der Waals surface area (Å²) < 4.78 is 12.4. The normalized spacial score (nSPS) is 19.5. The minimum absolute atomic E-state index is 0.0997. The van der Waals surface area contributed by atoms with Gasteiger partial charge in [0.15, 0.2) is 0 Å². The van der Waals surface area contributed by atoms with Crippen molar-refractivity contribution in [3.05, 3.63) is 75.4 Å². The number of nitrogens with one attached hydrogen (secondary N) is 1. The Labute approximate surface area is 219 Å². The molecule has 0 radical (unpaired) electrons. The van der Waals surface area contributed by atoms with E-state index >= 15 is 0 Å². The molecule has 2 amide bonds. The average Bonchev–Trinajstić information content (AvgIpc) is 2.87. The zero-order chi connectivity index (χ0) is 25.2. The smallest absolute Gasteiger partial charge is 0.249 e. The molecule has 0 heterocycles. The van der Waals surface area contributed by atoms with Crippen LogP contribution in [0.5, 0.6) is 5.75 Å². The molecule has 3 N–H and O–H groups in total. The van der Waals surface area contributed by atoms with Gasteiger partial charge in [0.2, 0.25) is 11.8 Å². The first kappa shape index (κ1) is 27.1. The van der Waals surface area contributed by atoms with Gasteiger partial charge in [0.1, 0.15) is 24.6 Å². The Hall–Kier alpha value is -2.47. The van der Waals surface area contributed by atoms with Crippen molar-refractivity contribution in [1.29, 1.82) is 0 Å². The molecule has 1 aliphatic carbocycles. The van der Waals surface area contributed by atoms with Gasteiger partial charge in [0.25, 0.3) is 0 Å². The van der Waals surface area contributed by atoms with E-state index in [0.29, 0.717) is 17.9 Å². The van der Waals surface area contributed by atoms with Crippen LogP contribution in [0.3, 0.4) is 0 Å². The van der Waals surface area contributed by atoms with Gasteiger partial charge in [0, 0.05) is 31.7 Å². The number of hydrogen-bond donors (Lipinski definition) is 3. The molecule has 35 heavy (non-hydrogen) atoms. The number of carbonyl (C=O) groups is 2. The van der Waals surface area contributed by atoms with Gasteiger partial charge in [0.05, 0.1) is 16.2 Å². The van der Waals surface area contributed by atoms with Crippen molar-refractivity contribution in [3.8, 4) is 5.75 Å². The third-order valence-corrected chi connectivity index (χ3v) is 6.55. The summed E-state index contributed by atoms with van der Waals surface area (Å²) in [6.07, 6.45) is -0.216. The third kappa shape index (κ3) is 7.50. The summed E-state index contributed by atoms with van der Waals surface area (Å²) in [6.45, 7) is 2.20. The first-order valence-electron chi connectivity index (χ1n) is 11.5. The number of aliphatic hydroxyl groups excluding tert-OH is 2. The van der Waals surface area contributed by atoms with Crippen LogP contribution in [0.25, 0.3) is 0 Å². The Bertz CT molecular complexity index is 1020. The second kappa shape index (κ2) is 13.6. The summed E-state index contributed by atoms with van der Waals surface area (Å²) in [5.74, 6) is -0.0894. The summed E-state index contributed by atoms with van der Waals surface area (Å²) in [4.78, 5) is 27.6. The van der Waals surface area contributed by atoms with Gasteiger partial charge in [-0.3, -0.25) is 9.59 Å². The van der Waals surface area contributed by atoms with Gasteiger partial charge in [-0.2, -0.15) is 0 Å². The predicted octanol–water partition coefficient (Wildman–Crippen LogP) is 2.27. The number of benzene rings is 2. The van der Waals surface area contributed by atoms with Crippen molar-refractivity contribution in [2.75, 3.05) is 26.4 Å². The molecular formula is C26H31IN2O6. The Balaban J connectivity index is 1.95. The lowest BCUT2D eigenvalue weighted by Crippen LogP contribution is -2.55. The molecule has 8 nitrogen and oxygen atoms in total. The van der Waals surface area contributed by atoms with Gasteiger partial charge in [-0.05, 0) is 53.3 Å². The van der Waals surface area contributed by atoms with Crippen molar-refractivity contribution in [3.63, 3.8) is 0 Å². The predicted molar refractivity (Wildman–Crippen MR) is 140 cm³/mol. The van der Waals surface area contributed by atoms with Crippen molar-refractivity contribution in [2.45, 2.75) is 38.1 Å². The van der Waals surface area contributed by atoms with Crippen molar-refractivity contribution < 1.29 is 29.3 Å². The first-order chi connectivity index (χ1) is 16.9. The third-order valence-electron chi connectivity index (χ3n) is 5.66. The van der Waals surface area contributed by atoms with E-state index in [1.807, 2.05) is 55.5 Å². The minimum Gasteiger partial charge on any atom is -0.482 e. The largest absolute Gasteiger partial charge is 0.482 e. The molecule has 0 spiro atoms. The molecule has 1 aliphatic rings. The minimum atomic E-state index is -1.09. The number of para-hydroxylation sites is 1. The lowest BCUT2D eigenvalue weighted by molar-refractivity contribution is -0.144. The summed E-state index contributed by atoms with van der Waals surface area (Å²) in [6, 6.07) is 16.1. The summed E-state index contributed by atoms with van der Waals surface area (Å²) in [5.41, 5.74) is 1.27. The molecule has 3 rings (SSSR count). The number of hydrogen-bond acceptors (Lipinski definition) is 6. The highest BCUT2D eigenvalue weighted by molar-refractivity contribution is 14.1. The van der Waals surface area contributed by atoms with E-state index in [4.69, 9.17) is 14.6 Å². The van der Waals surface area contributed by atoms with Crippen LogP contribution in [0.2, 0.25) is 0 Å². The molecule has 188 valence electrons. The van der Waals surface area contributed by atoms with Crippen LogP contribution in [-0.4, -0.2) is 71.5 Å². The molecule has 2 aromatic rings. The fraction of sp³-hybridized carbons (Fsp3) is 0.385.